The molecule has 11 N–H and O–H groups in total. The maximum absolute atomic E-state index is 11.5. The molecule has 1 saturated carbocycles. The summed E-state index contributed by atoms with van der Waals surface area (Å²) in [6.45, 7) is 57.7. The third-order valence-electron chi connectivity index (χ3n) is 9.75. The summed E-state index contributed by atoms with van der Waals surface area (Å²) in [7, 11) is 0. The number of nitrogens with two attached hydrogens (primary N) is 5. The number of rotatable bonds is 14. The molecule has 0 aromatic carbocycles. The van der Waals surface area contributed by atoms with E-state index in [1.54, 1.807) is 0 Å². The van der Waals surface area contributed by atoms with Gasteiger partial charge in [-0.1, -0.05) is 96.9 Å². The minimum atomic E-state index is -0.405. The molecule has 1 aliphatic carbocycles. The van der Waals surface area contributed by atoms with E-state index in [9.17, 15) is 9.18 Å². The zero-order chi connectivity index (χ0) is 46.9. The molecule has 0 aromatic rings. The van der Waals surface area contributed by atoms with Gasteiger partial charge in [-0.25, -0.2) is 17.5 Å². The smallest absolute Gasteiger partial charge is 0.306 e. The highest BCUT2D eigenvalue weighted by molar-refractivity contribution is 5.69. The van der Waals surface area contributed by atoms with Gasteiger partial charge in [-0.05, 0) is 109 Å². The molecule has 0 saturated heterocycles. The first-order valence-corrected chi connectivity index (χ1v) is 21.6. The predicted molar refractivity (Wildman–Crippen MR) is 249 cm³/mol. The van der Waals surface area contributed by atoms with Crippen molar-refractivity contribution in [3.05, 3.63) is 22.8 Å². The van der Waals surface area contributed by atoms with Gasteiger partial charge in [-0.2, -0.15) is 0 Å². The lowest BCUT2D eigenvalue weighted by Gasteiger charge is -2.22. The fraction of sp³-hybridized carbons (Fsp3) is 0.935. The third kappa shape index (κ3) is 56.3. The summed E-state index contributed by atoms with van der Waals surface area (Å²) in [6, 6.07) is 0.680. The van der Waals surface area contributed by atoms with Gasteiger partial charge in [0.05, 0.1) is 12.6 Å². The average molecular weight is 817 g/mol. The minimum absolute atomic E-state index is 0. The molecule has 0 unspecified atom stereocenters. The molecule has 344 valence electrons. The van der Waals surface area contributed by atoms with Crippen molar-refractivity contribution in [2.45, 2.75) is 212 Å². The number of nitrogens with one attached hydrogen (secondary N) is 1. The number of nitrogens with zero attached hydrogens (tertiary/aromatic N) is 2. The number of carbonyl (C=O) groups excluding carboxylic acids is 1. The largest absolute Gasteiger partial charge is 0.460 e. The Bertz CT molecular complexity index is 969. The highest BCUT2D eigenvalue weighted by Crippen LogP contribution is 2.38. The lowest BCUT2D eigenvalue weighted by Crippen LogP contribution is -2.37. The zero-order valence-electron chi connectivity index (χ0n) is 41.5. The molecule has 1 rings (SSSR count). The number of hydrogen-bond acceptors (Lipinski definition) is 8. The lowest BCUT2D eigenvalue weighted by molar-refractivity contribution is -0.155. The van der Waals surface area contributed by atoms with Gasteiger partial charge in [0.15, 0.2) is 0 Å². The van der Waals surface area contributed by atoms with E-state index in [2.05, 4.69) is 91.2 Å². The fourth-order valence-corrected chi connectivity index (χ4v) is 2.60. The monoisotopic (exact) mass is 817 g/mol. The molecule has 0 amide bonds. The van der Waals surface area contributed by atoms with Crippen LogP contribution in [0.3, 0.4) is 0 Å². The summed E-state index contributed by atoms with van der Waals surface area (Å²) in [5.41, 5.74) is 27.6. The summed E-state index contributed by atoms with van der Waals surface area (Å²) in [6.07, 6.45) is 3.93. The molecule has 0 spiro atoms. The molecule has 1 fully saturated rings. The van der Waals surface area contributed by atoms with Crippen molar-refractivity contribution >= 4 is 5.97 Å². The summed E-state index contributed by atoms with van der Waals surface area (Å²) in [4.78, 5) is 17.6. The van der Waals surface area contributed by atoms with Gasteiger partial charge in [-0.15, -0.1) is 0 Å². The van der Waals surface area contributed by atoms with Crippen molar-refractivity contribution in [1.82, 2.24) is 5.32 Å². The number of alkyl halides is 1. The second-order valence-electron chi connectivity index (χ2n) is 19.7. The van der Waals surface area contributed by atoms with E-state index in [1.165, 1.54) is 12.8 Å². The predicted octanol–water partition coefficient (Wildman–Crippen LogP) is 9.64. The Hall–Kier alpha value is -1.86. The van der Waals surface area contributed by atoms with E-state index >= 15 is 0 Å². The number of carbonyl (C=O) groups is 1. The maximum atomic E-state index is 11.5. The molecule has 0 aliphatic heterocycles. The fourth-order valence-electron chi connectivity index (χ4n) is 2.60. The molecule has 4 atom stereocenters. The van der Waals surface area contributed by atoms with Crippen molar-refractivity contribution in [2.24, 2.45) is 70.1 Å². The van der Waals surface area contributed by atoms with Crippen LogP contribution >= 0.6 is 0 Å². The van der Waals surface area contributed by atoms with Gasteiger partial charge in [0, 0.05) is 35.6 Å². The quantitative estimate of drug-likeness (QED) is 0.0570. The van der Waals surface area contributed by atoms with Crippen LogP contribution in [0.5, 0.6) is 0 Å². The second kappa shape index (κ2) is 37.2. The second-order valence-corrected chi connectivity index (χ2v) is 19.7. The van der Waals surface area contributed by atoms with Gasteiger partial charge in [-0.3, -0.25) is 4.79 Å². The Kier molecular flexibility index (Phi) is 43.6. The Morgan fingerprint density at radius 2 is 1.16 bits per heavy atom. The lowest BCUT2D eigenvalue weighted by atomic mass is 9.92. The summed E-state index contributed by atoms with van der Waals surface area (Å²) < 4.78 is 16.7. The Labute approximate surface area is 355 Å². The SMILES string of the molecule is CC(C)C(C)(C)N.CC(C)C1(N)CC1.CC(C)CCC(=O)OC(C)(C)C.CC(C)[C@@H](N)CF.CC(C)[C@H](C)N.[C-]#[N+]CCN[C@@H](C)C(C)C.[C-]#[N+]C[C@H](N)C(C)C. The number of ether oxygens (including phenoxy) is 1. The zero-order valence-corrected chi connectivity index (χ0v) is 41.5. The molecular weight excluding hydrogens is 716 g/mol. The highest BCUT2D eigenvalue weighted by Gasteiger charge is 2.40. The van der Waals surface area contributed by atoms with E-state index in [1.807, 2.05) is 69.2 Å². The van der Waals surface area contributed by atoms with E-state index in [0.717, 1.165) is 13.0 Å². The van der Waals surface area contributed by atoms with Crippen LogP contribution in [-0.4, -0.2) is 73.1 Å². The van der Waals surface area contributed by atoms with Crippen LogP contribution in [-0.2, 0) is 9.53 Å². The van der Waals surface area contributed by atoms with Gasteiger partial charge in [0.1, 0.15) is 12.3 Å². The number of esters is 1. The molecule has 10 nitrogen and oxygen atoms in total. The summed E-state index contributed by atoms with van der Waals surface area (Å²) in [5, 5.41) is 3.27. The van der Waals surface area contributed by atoms with Gasteiger partial charge in [0.25, 0.3) is 0 Å². The molecule has 57 heavy (non-hydrogen) atoms. The first-order valence-electron chi connectivity index (χ1n) is 21.6. The Balaban J connectivity index is -0.000000135. The minimum Gasteiger partial charge on any atom is -0.460 e. The molecule has 1 aliphatic rings. The van der Waals surface area contributed by atoms with E-state index in [0.29, 0.717) is 67.1 Å². The normalized spacial score (nSPS) is 14.9. The van der Waals surface area contributed by atoms with E-state index < -0.39 is 6.67 Å². The van der Waals surface area contributed by atoms with Crippen LogP contribution in [0.15, 0.2) is 0 Å². The van der Waals surface area contributed by atoms with Crippen molar-refractivity contribution in [3.8, 4) is 0 Å². The third-order valence-corrected chi connectivity index (χ3v) is 9.75. The molecule has 0 radical (unpaired) electrons. The van der Waals surface area contributed by atoms with Crippen molar-refractivity contribution in [3.63, 3.8) is 0 Å². The van der Waals surface area contributed by atoms with Crippen molar-refractivity contribution < 1.29 is 13.9 Å². The van der Waals surface area contributed by atoms with Gasteiger partial charge in [0.2, 0.25) is 13.1 Å². The van der Waals surface area contributed by atoms with Gasteiger partial charge >= 0.3 is 5.97 Å². The standard InChI is InChI=1S/C10H20O2.C8H16N2.C6H12N2.C6H13N.C6H15N.C5H12FN.C5H13N/c1-8(2)6-7-9(11)12-10(3,4)5;1-7(2)8(3)10-6-5-9-4;1-5(2)6(7)4-8-3;1-5(2)6(7)3-4-6;1-5(2)6(3,4)7;1-4(2)5(7)3-6;1-4(2)5(3)6/h8H,6-7H2,1-5H3;7-8,10H,5-6H2,1-3H3;5-6H,4,7H2,1-2H3;5H,3-4,7H2,1-2H3;5H,7H2,1-4H3;4-5H,3,7H2,1-2H3;4-5H,6H2,1-3H3/t;8-;6-;;;2*5-/m.00..00/s1. The first-order chi connectivity index (χ1) is 25.6. The molecule has 0 bridgehead atoms. The van der Waals surface area contributed by atoms with Crippen LogP contribution in [0.25, 0.3) is 9.69 Å². The highest BCUT2D eigenvalue weighted by atomic mass is 19.1. The molecule has 0 aromatic heterocycles. The van der Waals surface area contributed by atoms with Crippen molar-refractivity contribution in [1.29, 1.82) is 0 Å². The van der Waals surface area contributed by atoms with Crippen LogP contribution < -0.4 is 34.0 Å². The van der Waals surface area contributed by atoms with Crippen LogP contribution in [0, 0.1) is 54.6 Å². The van der Waals surface area contributed by atoms with Crippen LogP contribution in [0.1, 0.15) is 171 Å². The Morgan fingerprint density at radius 3 is 1.32 bits per heavy atom. The Morgan fingerprint density at radius 1 is 0.754 bits per heavy atom. The van der Waals surface area contributed by atoms with E-state index in [-0.39, 0.29) is 40.6 Å². The van der Waals surface area contributed by atoms with Gasteiger partial charge < -0.3 is 48.4 Å². The number of halogens is 1. The summed E-state index contributed by atoms with van der Waals surface area (Å²) >= 11 is 0. The first kappa shape index (κ1) is 66.9. The molecule has 0 heterocycles. The molecule has 11 heteroatoms. The summed E-state index contributed by atoms with van der Waals surface area (Å²) in [5.74, 6) is 3.73. The average Bonchev–Trinajstić information content (AvgIpc) is 3.82. The maximum Gasteiger partial charge on any atom is 0.306 e. The van der Waals surface area contributed by atoms with Crippen molar-refractivity contribution in [2.75, 3.05) is 26.3 Å². The van der Waals surface area contributed by atoms with E-state index in [4.69, 9.17) is 46.5 Å². The topological polar surface area (TPSA) is 177 Å². The number of hydrogen-bond donors (Lipinski definition) is 6. The van der Waals surface area contributed by atoms with Crippen LogP contribution in [0.2, 0.25) is 0 Å². The van der Waals surface area contributed by atoms with Crippen LogP contribution in [0.4, 0.5) is 4.39 Å². The molecular formula is C46H101FN8O2.